The lowest BCUT2D eigenvalue weighted by atomic mass is 9.74. The monoisotopic (exact) mass is 663 g/mol. The largest absolute Gasteiger partial charge is 0.496 e. The van der Waals surface area contributed by atoms with Gasteiger partial charge in [-0.05, 0) is 91.5 Å². The van der Waals surface area contributed by atoms with Crippen molar-refractivity contribution in [3.05, 3.63) is 59.2 Å². The van der Waals surface area contributed by atoms with Crippen molar-refractivity contribution in [1.29, 1.82) is 0 Å². The second-order valence-electron chi connectivity index (χ2n) is 14.6. The summed E-state index contributed by atoms with van der Waals surface area (Å²) in [6.45, 7) is 18.0. The molecule has 0 bridgehead atoms. The normalized spacial score (nSPS) is 20.5. The summed E-state index contributed by atoms with van der Waals surface area (Å²) in [6, 6.07) is 14.0. The average Bonchev–Trinajstić information content (AvgIpc) is 3.12. The number of hydrogen-bond acceptors (Lipinski definition) is 8. The van der Waals surface area contributed by atoms with Crippen LogP contribution in [0.5, 0.6) is 5.75 Å². The van der Waals surface area contributed by atoms with Crippen LogP contribution in [-0.4, -0.2) is 80.7 Å². The van der Waals surface area contributed by atoms with Crippen molar-refractivity contribution < 1.29 is 37.8 Å². The number of likely N-dealkylation sites (tertiary alicyclic amines) is 1. The van der Waals surface area contributed by atoms with Gasteiger partial charge in [0.15, 0.2) is 6.79 Å². The van der Waals surface area contributed by atoms with E-state index in [1.807, 2.05) is 85.7 Å². The van der Waals surface area contributed by atoms with Crippen LogP contribution in [-0.2, 0) is 34.9 Å². The van der Waals surface area contributed by atoms with Gasteiger partial charge >= 0.3 is 13.2 Å². The Balaban J connectivity index is 1.40. The molecule has 0 spiro atoms. The molecule has 1 amide bonds. The van der Waals surface area contributed by atoms with Crippen LogP contribution in [0, 0.1) is 18.8 Å². The summed E-state index contributed by atoms with van der Waals surface area (Å²) >= 11 is 0. The third kappa shape index (κ3) is 10.7. The van der Waals surface area contributed by atoms with Crippen LogP contribution in [0.1, 0.15) is 90.8 Å². The molecule has 10 heteroatoms. The molecule has 0 saturated carbocycles. The summed E-state index contributed by atoms with van der Waals surface area (Å²) in [6.07, 6.45) is 2.27. The number of nitrogens with zero attached hydrogens (tertiary/aromatic N) is 1. The quantitative estimate of drug-likeness (QED) is 0.118. The lowest BCUT2D eigenvalue weighted by molar-refractivity contribution is -0.0221. The van der Waals surface area contributed by atoms with Crippen LogP contribution >= 0.6 is 0 Å². The fraction of sp³-hybridized carbons (Fsp3) is 0.605. The van der Waals surface area contributed by atoms with Gasteiger partial charge < -0.3 is 37.9 Å². The number of carbonyl (C=O) groups excluding carboxylic acids is 1. The van der Waals surface area contributed by atoms with E-state index >= 15 is 0 Å². The summed E-state index contributed by atoms with van der Waals surface area (Å²) in [5, 5.41) is 0. The van der Waals surface area contributed by atoms with Gasteiger partial charge in [0.1, 0.15) is 11.4 Å². The highest BCUT2D eigenvalue weighted by Crippen LogP contribution is 2.37. The molecule has 0 unspecified atom stereocenters. The topological polar surface area (TPSA) is 84.9 Å². The Morgan fingerprint density at radius 2 is 1.75 bits per heavy atom. The average molecular weight is 664 g/mol. The predicted molar refractivity (Wildman–Crippen MR) is 187 cm³/mol. The minimum absolute atomic E-state index is 0.0327. The van der Waals surface area contributed by atoms with Crippen molar-refractivity contribution in [3.63, 3.8) is 0 Å². The van der Waals surface area contributed by atoms with Crippen molar-refractivity contribution in [2.75, 3.05) is 33.6 Å². The first-order chi connectivity index (χ1) is 22.7. The molecule has 2 atom stereocenters. The lowest BCUT2D eigenvalue weighted by Crippen LogP contribution is -2.41. The first-order valence-electron chi connectivity index (χ1n) is 17.0. The van der Waals surface area contributed by atoms with Gasteiger partial charge in [0.05, 0.1) is 36.6 Å². The molecular formula is C38H54BNO8. The maximum atomic E-state index is 13.0. The van der Waals surface area contributed by atoms with Crippen LogP contribution in [0.4, 0.5) is 4.79 Å². The number of methoxy groups -OCH3 is 1. The molecule has 9 nitrogen and oxygen atoms in total. The minimum Gasteiger partial charge on any atom is -0.468 e. The molecule has 2 aromatic rings. The Kier molecular flexibility index (Phi) is 13.0. The van der Waals surface area contributed by atoms with E-state index in [4.69, 9.17) is 33.0 Å². The van der Waals surface area contributed by atoms with Gasteiger partial charge in [0, 0.05) is 44.1 Å². The van der Waals surface area contributed by atoms with Gasteiger partial charge in [0.25, 0.3) is 0 Å². The third-order valence-corrected chi connectivity index (χ3v) is 8.85. The second-order valence-corrected chi connectivity index (χ2v) is 14.6. The number of benzene rings is 2. The van der Waals surface area contributed by atoms with E-state index in [1.54, 1.807) is 12.0 Å². The number of ether oxygens (including phenoxy) is 5. The fourth-order valence-electron chi connectivity index (χ4n) is 5.55. The van der Waals surface area contributed by atoms with E-state index in [0.717, 1.165) is 35.0 Å². The molecule has 2 heterocycles. The van der Waals surface area contributed by atoms with E-state index in [-0.39, 0.29) is 25.1 Å². The molecule has 2 aromatic carbocycles. The standard InChI is InChI=1S/C38H54BNO8/c1-28-22-31(45-27-42-9)24-34(39-47-37(5,6)38(7,8)48-39)33(28)18-14-11-15-21-43-32-23-30(44-26-29-16-12-10-13-17-29)19-20-40(25-32)35(41)46-36(2,3)4/h10,12-13,16-17,22,24,30,32H,11,15,19-21,23,25-27H2,1-9H3/t30-,32+/m1/s1. The first-order valence-corrected chi connectivity index (χ1v) is 17.0. The third-order valence-electron chi connectivity index (χ3n) is 8.85. The molecule has 2 saturated heterocycles. The summed E-state index contributed by atoms with van der Waals surface area (Å²) in [5.41, 5.74) is 2.26. The van der Waals surface area contributed by atoms with Crippen LogP contribution in [0.15, 0.2) is 42.5 Å². The predicted octanol–water partition coefficient (Wildman–Crippen LogP) is 6.41. The Hall–Kier alpha value is -3.07. The van der Waals surface area contributed by atoms with Crippen molar-refractivity contribution in [1.82, 2.24) is 4.90 Å². The molecule has 4 rings (SSSR count). The van der Waals surface area contributed by atoms with E-state index in [2.05, 4.69) is 24.0 Å². The lowest BCUT2D eigenvalue weighted by Gasteiger charge is -2.32. The molecule has 0 aromatic heterocycles. The van der Waals surface area contributed by atoms with Gasteiger partial charge in [-0.25, -0.2) is 4.79 Å². The van der Waals surface area contributed by atoms with Crippen molar-refractivity contribution in [2.24, 2.45) is 0 Å². The maximum Gasteiger partial charge on any atom is 0.496 e. The molecule has 2 fully saturated rings. The summed E-state index contributed by atoms with van der Waals surface area (Å²) in [7, 11) is 1.02. The zero-order chi connectivity index (χ0) is 35.0. The van der Waals surface area contributed by atoms with Gasteiger partial charge in [-0.3, -0.25) is 0 Å². The summed E-state index contributed by atoms with van der Waals surface area (Å²) in [4.78, 5) is 14.8. The Morgan fingerprint density at radius 1 is 1.04 bits per heavy atom. The van der Waals surface area contributed by atoms with E-state index in [9.17, 15) is 4.79 Å². The van der Waals surface area contributed by atoms with Crippen LogP contribution in [0.25, 0.3) is 0 Å². The van der Waals surface area contributed by atoms with Gasteiger partial charge in [-0.2, -0.15) is 0 Å². The molecule has 0 radical (unpaired) electrons. The molecule has 2 aliphatic heterocycles. The first kappa shape index (κ1) is 37.7. The summed E-state index contributed by atoms with van der Waals surface area (Å²) < 4.78 is 42.0. The number of aryl methyl sites for hydroxylation is 1. The second kappa shape index (κ2) is 16.6. The van der Waals surface area contributed by atoms with Crippen molar-refractivity contribution in [3.8, 4) is 17.6 Å². The molecule has 0 aliphatic carbocycles. The highest BCUT2D eigenvalue weighted by Gasteiger charge is 2.52. The Bertz CT molecular complexity index is 1400. The van der Waals surface area contributed by atoms with Gasteiger partial charge in [-0.15, -0.1) is 0 Å². The molecule has 2 aliphatic rings. The number of amides is 1. The van der Waals surface area contributed by atoms with Crippen LogP contribution < -0.4 is 10.2 Å². The number of unbranched alkanes of at least 4 members (excludes halogenated alkanes) is 1. The van der Waals surface area contributed by atoms with Gasteiger partial charge in [-0.1, -0.05) is 42.2 Å². The van der Waals surface area contributed by atoms with E-state index in [1.165, 1.54) is 0 Å². The van der Waals surface area contributed by atoms with Crippen molar-refractivity contribution >= 4 is 18.7 Å². The molecule has 48 heavy (non-hydrogen) atoms. The van der Waals surface area contributed by atoms with Crippen LogP contribution in [0.3, 0.4) is 0 Å². The Labute approximate surface area is 288 Å². The smallest absolute Gasteiger partial charge is 0.468 e. The van der Waals surface area contributed by atoms with E-state index in [0.29, 0.717) is 44.9 Å². The number of rotatable bonds is 11. The highest BCUT2D eigenvalue weighted by atomic mass is 16.7. The van der Waals surface area contributed by atoms with E-state index < -0.39 is 23.9 Å². The molecular weight excluding hydrogens is 609 g/mol. The maximum absolute atomic E-state index is 13.0. The number of hydrogen-bond donors (Lipinski definition) is 0. The van der Waals surface area contributed by atoms with Gasteiger partial charge in [0.2, 0.25) is 0 Å². The molecule has 262 valence electrons. The van der Waals surface area contributed by atoms with Crippen molar-refractivity contribution in [2.45, 2.75) is 117 Å². The molecule has 0 N–H and O–H groups in total. The van der Waals surface area contributed by atoms with Crippen LogP contribution in [0.2, 0.25) is 0 Å². The zero-order valence-electron chi connectivity index (χ0n) is 30.4. The zero-order valence-corrected chi connectivity index (χ0v) is 30.4. The minimum atomic E-state index is -0.576. The summed E-state index contributed by atoms with van der Waals surface area (Å²) in [5.74, 6) is 7.40. The SMILES string of the molecule is COCOc1cc(C)c(C#CCCCO[C@H]2C[C@H](OCc3ccccc3)CCN(C(=O)OC(C)(C)C)C2)c(B2OC(C)(C)C(C)(C)O2)c1. The Morgan fingerprint density at radius 3 is 2.42 bits per heavy atom. The number of carbonyl (C=O) groups is 1. The fourth-order valence-corrected chi connectivity index (χ4v) is 5.55. The highest BCUT2D eigenvalue weighted by molar-refractivity contribution is 6.63.